The van der Waals surface area contributed by atoms with Crippen molar-refractivity contribution in [3.63, 3.8) is 0 Å². The fourth-order valence-corrected chi connectivity index (χ4v) is 1.75. The molecule has 0 amide bonds. The average molecular weight is 248 g/mol. The van der Waals surface area contributed by atoms with Gasteiger partial charge < -0.3 is 10.1 Å². The quantitative estimate of drug-likeness (QED) is 0.886. The molecule has 0 radical (unpaired) electrons. The zero-order valence-corrected chi connectivity index (χ0v) is 10.4. The number of para-hydroxylation sites is 1. The Kier molecular flexibility index (Phi) is 4.02. The number of hydrogen-bond acceptors (Lipinski definition) is 2. The molecule has 0 heterocycles. The zero-order chi connectivity index (χ0) is 12.1. The molecule has 0 aliphatic heterocycles. The zero-order valence-electron chi connectivity index (χ0n) is 9.61. The maximum absolute atomic E-state index is 6.04. The summed E-state index contributed by atoms with van der Waals surface area (Å²) in [5, 5.41) is 3.72. The van der Waals surface area contributed by atoms with E-state index in [9.17, 15) is 0 Å². The molecule has 0 saturated carbocycles. The van der Waals surface area contributed by atoms with Gasteiger partial charge in [-0.15, -0.1) is 0 Å². The molecule has 0 bridgehead atoms. The van der Waals surface area contributed by atoms with Crippen molar-refractivity contribution in [3.8, 4) is 11.5 Å². The highest BCUT2D eigenvalue weighted by Gasteiger charge is 2.02. The fraction of sp³-hybridized carbons (Fsp3) is 0.143. The third-order valence-electron chi connectivity index (χ3n) is 2.34. The highest BCUT2D eigenvalue weighted by Crippen LogP contribution is 2.28. The van der Waals surface area contributed by atoms with Gasteiger partial charge >= 0.3 is 0 Å². The van der Waals surface area contributed by atoms with Crippen LogP contribution in [0.15, 0.2) is 48.5 Å². The van der Waals surface area contributed by atoms with E-state index < -0.39 is 0 Å². The molecular weight excluding hydrogens is 234 g/mol. The Labute approximate surface area is 106 Å². The number of nitrogens with one attached hydrogen (secondary N) is 1. The first-order valence-electron chi connectivity index (χ1n) is 5.45. The summed E-state index contributed by atoms with van der Waals surface area (Å²) in [7, 11) is 1.92. The Hall–Kier alpha value is -1.51. The van der Waals surface area contributed by atoms with Gasteiger partial charge in [-0.1, -0.05) is 35.9 Å². The molecule has 0 spiro atoms. The normalized spacial score (nSPS) is 10.2. The fourth-order valence-electron chi connectivity index (χ4n) is 1.58. The highest BCUT2D eigenvalue weighted by atomic mass is 35.5. The topological polar surface area (TPSA) is 21.3 Å². The van der Waals surface area contributed by atoms with Crippen molar-refractivity contribution in [2.24, 2.45) is 0 Å². The first-order chi connectivity index (χ1) is 8.29. The standard InChI is InChI=1S/C14H14ClNO/c1-16-10-11-5-4-6-12(9-11)17-14-8-3-2-7-13(14)15/h2-9,16H,10H2,1H3. The van der Waals surface area contributed by atoms with Crippen LogP contribution in [0.3, 0.4) is 0 Å². The lowest BCUT2D eigenvalue weighted by Gasteiger charge is -2.08. The van der Waals surface area contributed by atoms with Crippen LogP contribution in [0.4, 0.5) is 0 Å². The molecule has 2 aromatic rings. The van der Waals surface area contributed by atoms with E-state index in [2.05, 4.69) is 11.4 Å². The van der Waals surface area contributed by atoms with Crippen LogP contribution in [0, 0.1) is 0 Å². The van der Waals surface area contributed by atoms with Crippen molar-refractivity contribution in [1.29, 1.82) is 0 Å². The second-order valence-corrected chi connectivity index (χ2v) is 4.12. The van der Waals surface area contributed by atoms with Crippen molar-refractivity contribution >= 4 is 11.6 Å². The molecular formula is C14H14ClNO. The SMILES string of the molecule is CNCc1cccc(Oc2ccccc2Cl)c1. The van der Waals surface area contributed by atoms with Crippen LogP contribution in [0.25, 0.3) is 0 Å². The Morgan fingerprint density at radius 1 is 1.12 bits per heavy atom. The van der Waals surface area contributed by atoms with Gasteiger partial charge in [0.05, 0.1) is 5.02 Å². The molecule has 0 atom stereocenters. The summed E-state index contributed by atoms with van der Waals surface area (Å²) in [6, 6.07) is 15.4. The summed E-state index contributed by atoms with van der Waals surface area (Å²) in [5.74, 6) is 1.47. The van der Waals surface area contributed by atoms with E-state index in [1.165, 1.54) is 5.56 Å². The Bertz CT molecular complexity index is 499. The third kappa shape index (κ3) is 3.22. The number of ether oxygens (including phenoxy) is 1. The molecule has 0 aromatic heterocycles. The van der Waals surface area contributed by atoms with Crippen molar-refractivity contribution in [3.05, 3.63) is 59.1 Å². The van der Waals surface area contributed by atoms with Gasteiger partial charge in [0.1, 0.15) is 11.5 Å². The van der Waals surface area contributed by atoms with Gasteiger partial charge in [0.15, 0.2) is 0 Å². The molecule has 2 rings (SSSR count). The molecule has 0 fully saturated rings. The summed E-state index contributed by atoms with van der Waals surface area (Å²) in [6.07, 6.45) is 0. The second kappa shape index (κ2) is 5.71. The minimum Gasteiger partial charge on any atom is -0.456 e. The molecule has 0 aliphatic rings. The van der Waals surface area contributed by atoms with E-state index in [1.54, 1.807) is 0 Å². The molecule has 88 valence electrons. The van der Waals surface area contributed by atoms with E-state index in [-0.39, 0.29) is 0 Å². The van der Waals surface area contributed by atoms with Crippen molar-refractivity contribution in [2.45, 2.75) is 6.54 Å². The van der Waals surface area contributed by atoms with Gasteiger partial charge in [0, 0.05) is 6.54 Å². The third-order valence-corrected chi connectivity index (χ3v) is 2.66. The van der Waals surface area contributed by atoms with E-state index in [1.807, 2.05) is 49.5 Å². The minimum atomic E-state index is 0.617. The summed E-state index contributed by atoms with van der Waals surface area (Å²) in [6.45, 7) is 0.819. The molecule has 3 heteroatoms. The molecule has 2 aromatic carbocycles. The molecule has 0 saturated heterocycles. The minimum absolute atomic E-state index is 0.617. The summed E-state index contributed by atoms with van der Waals surface area (Å²) >= 11 is 6.04. The highest BCUT2D eigenvalue weighted by molar-refractivity contribution is 6.32. The van der Waals surface area contributed by atoms with Gasteiger partial charge in [-0.25, -0.2) is 0 Å². The van der Waals surface area contributed by atoms with Crippen LogP contribution in [-0.4, -0.2) is 7.05 Å². The van der Waals surface area contributed by atoms with Crippen molar-refractivity contribution in [1.82, 2.24) is 5.32 Å². The van der Waals surface area contributed by atoms with Crippen LogP contribution in [-0.2, 0) is 6.54 Å². The molecule has 2 nitrogen and oxygen atoms in total. The van der Waals surface area contributed by atoms with Gasteiger partial charge in [-0.05, 0) is 36.9 Å². The van der Waals surface area contributed by atoms with Gasteiger partial charge in [-0.2, -0.15) is 0 Å². The lowest BCUT2D eigenvalue weighted by atomic mass is 10.2. The first kappa shape index (κ1) is 12.0. The monoisotopic (exact) mass is 247 g/mol. The van der Waals surface area contributed by atoms with E-state index in [0.717, 1.165) is 12.3 Å². The molecule has 0 unspecified atom stereocenters. The van der Waals surface area contributed by atoms with Crippen LogP contribution >= 0.6 is 11.6 Å². The second-order valence-electron chi connectivity index (χ2n) is 3.71. The van der Waals surface area contributed by atoms with Crippen molar-refractivity contribution in [2.75, 3.05) is 7.05 Å². The molecule has 17 heavy (non-hydrogen) atoms. The van der Waals surface area contributed by atoms with Crippen LogP contribution < -0.4 is 10.1 Å². The van der Waals surface area contributed by atoms with Gasteiger partial charge in [0.2, 0.25) is 0 Å². The summed E-state index contributed by atoms with van der Waals surface area (Å²) < 4.78 is 5.74. The lowest BCUT2D eigenvalue weighted by Crippen LogP contribution is -2.04. The van der Waals surface area contributed by atoms with Gasteiger partial charge in [-0.3, -0.25) is 0 Å². The number of hydrogen-bond donors (Lipinski definition) is 1. The summed E-state index contributed by atoms with van der Waals surface area (Å²) in [5.41, 5.74) is 1.18. The van der Waals surface area contributed by atoms with Crippen LogP contribution in [0.5, 0.6) is 11.5 Å². The maximum atomic E-state index is 6.04. The van der Waals surface area contributed by atoms with E-state index in [0.29, 0.717) is 10.8 Å². The number of rotatable bonds is 4. The predicted octanol–water partition coefficient (Wildman–Crippen LogP) is 3.85. The number of benzene rings is 2. The average Bonchev–Trinajstić information content (AvgIpc) is 2.33. The smallest absolute Gasteiger partial charge is 0.146 e. The number of halogens is 1. The molecule has 1 N–H and O–H groups in total. The largest absolute Gasteiger partial charge is 0.456 e. The van der Waals surface area contributed by atoms with Gasteiger partial charge in [0.25, 0.3) is 0 Å². The summed E-state index contributed by atoms with van der Waals surface area (Å²) in [4.78, 5) is 0. The Morgan fingerprint density at radius 3 is 2.71 bits per heavy atom. The van der Waals surface area contributed by atoms with E-state index >= 15 is 0 Å². The predicted molar refractivity (Wildman–Crippen MR) is 70.7 cm³/mol. The van der Waals surface area contributed by atoms with Crippen LogP contribution in [0.1, 0.15) is 5.56 Å². The van der Waals surface area contributed by atoms with Crippen molar-refractivity contribution < 1.29 is 4.74 Å². The Morgan fingerprint density at radius 2 is 1.94 bits per heavy atom. The lowest BCUT2D eigenvalue weighted by molar-refractivity contribution is 0.482. The van der Waals surface area contributed by atoms with Crippen LogP contribution in [0.2, 0.25) is 5.02 Å². The first-order valence-corrected chi connectivity index (χ1v) is 5.83. The molecule has 0 aliphatic carbocycles. The van der Waals surface area contributed by atoms with E-state index in [4.69, 9.17) is 16.3 Å². The maximum Gasteiger partial charge on any atom is 0.146 e. The Balaban J connectivity index is 2.18.